The zero-order chi connectivity index (χ0) is 15.9. The van der Waals surface area contributed by atoms with E-state index in [4.69, 9.17) is 0 Å². The maximum atomic E-state index is 12.9. The van der Waals surface area contributed by atoms with E-state index in [1.54, 1.807) is 0 Å². The van der Waals surface area contributed by atoms with E-state index in [1.165, 1.54) is 6.42 Å². The number of aliphatic hydroxyl groups excluding tert-OH is 1. The van der Waals surface area contributed by atoms with Crippen LogP contribution in [0.15, 0.2) is 23.3 Å². The first kappa shape index (κ1) is 14.7. The molecule has 2 heteroatoms. The molecule has 4 bridgehead atoms. The average Bonchev–Trinajstić information content (AvgIpc) is 2.48. The Morgan fingerprint density at radius 1 is 1.09 bits per heavy atom. The quantitative estimate of drug-likeness (QED) is 0.785. The molecule has 6 aliphatic carbocycles. The van der Waals surface area contributed by atoms with Crippen molar-refractivity contribution < 1.29 is 9.90 Å². The van der Waals surface area contributed by atoms with E-state index in [2.05, 4.69) is 33.8 Å². The van der Waals surface area contributed by atoms with Crippen molar-refractivity contribution >= 4 is 5.78 Å². The van der Waals surface area contributed by atoms with E-state index in [9.17, 15) is 9.90 Å². The third-order valence-corrected chi connectivity index (χ3v) is 7.82. The Hall–Kier alpha value is -0.890. The molecule has 0 aliphatic heterocycles. The van der Waals surface area contributed by atoms with E-state index in [0.717, 1.165) is 36.3 Å². The van der Waals surface area contributed by atoms with E-state index in [0.29, 0.717) is 17.8 Å². The summed E-state index contributed by atoms with van der Waals surface area (Å²) >= 11 is 0. The van der Waals surface area contributed by atoms with Gasteiger partial charge in [0, 0.05) is 0 Å². The first-order chi connectivity index (χ1) is 10.2. The van der Waals surface area contributed by atoms with E-state index in [1.807, 2.05) is 6.08 Å². The molecule has 0 aromatic carbocycles. The number of hydrogen-bond donors (Lipinski definition) is 1. The second-order valence-corrected chi connectivity index (χ2v) is 9.27. The molecule has 4 saturated carbocycles. The second kappa shape index (κ2) is 4.35. The van der Waals surface area contributed by atoms with Gasteiger partial charge in [-0.25, -0.2) is 0 Å². The van der Waals surface area contributed by atoms with Gasteiger partial charge in [0.15, 0.2) is 5.78 Å². The Morgan fingerprint density at radius 3 is 2.32 bits per heavy atom. The van der Waals surface area contributed by atoms with E-state index >= 15 is 0 Å². The molecular formula is C20H28O2. The SMILES string of the molecule is CC1(C)[C@H]2CC=C(C(=O)/C=C3\[C@@H](O)C[C@H]4C[C@@H]3C4(C)C)[C@@H]1C2. The van der Waals surface area contributed by atoms with Crippen molar-refractivity contribution in [2.45, 2.75) is 59.5 Å². The number of carbonyl (C=O) groups is 1. The Balaban J connectivity index is 1.60. The highest BCUT2D eigenvalue weighted by molar-refractivity contribution is 6.05. The topological polar surface area (TPSA) is 37.3 Å². The molecule has 2 nitrogen and oxygen atoms in total. The standard InChI is InChI=1S/C20H28O2/c1-19(2)11-5-6-13(15(19)7-11)18(22)10-14-16-8-12(9-17(14)21)20(16,3)4/h6,10-12,15-17,21H,5,7-9H2,1-4H3/b14-10-/t11-,12+,15-,16-,17-/m0/s1. The monoisotopic (exact) mass is 300 g/mol. The Labute approximate surface area is 133 Å². The van der Waals surface area contributed by atoms with Crippen LogP contribution >= 0.6 is 0 Å². The van der Waals surface area contributed by atoms with E-state index < -0.39 is 6.10 Å². The van der Waals surface area contributed by atoms with Crippen molar-refractivity contribution in [1.82, 2.24) is 0 Å². The molecule has 0 saturated heterocycles. The Bertz CT molecular complexity index is 593. The minimum atomic E-state index is -0.396. The van der Waals surface area contributed by atoms with Crippen LogP contribution in [0.3, 0.4) is 0 Å². The summed E-state index contributed by atoms with van der Waals surface area (Å²) in [6, 6.07) is 0. The van der Waals surface area contributed by atoms with Gasteiger partial charge in [0.1, 0.15) is 0 Å². The molecule has 6 rings (SSSR count). The number of ketones is 1. The number of aliphatic hydroxyl groups is 1. The van der Waals surface area contributed by atoms with Gasteiger partial charge in [-0.1, -0.05) is 33.8 Å². The molecule has 0 aromatic rings. The smallest absolute Gasteiger partial charge is 0.181 e. The van der Waals surface area contributed by atoms with Crippen molar-refractivity contribution in [1.29, 1.82) is 0 Å². The Kier molecular flexibility index (Phi) is 2.90. The van der Waals surface area contributed by atoms with Gasteiger partial charge in [0.2, 0.25) is 0 Å². The number of carbonyl (C=O) groups excluding carboxylic acids is 1. The predicted octanol–water partition coefficient (Wildman–Crippen LogP) is 3.90. The fraction of sp³-hybridized carbons (Fsp3) is 0.750. The van der Waals surface area contributed by atoms with Crippen LogP contribution in [0.25, 0.3) is 0 Å². The highest BCUT2D eigenvalue weighted by atomic mass is 16.3. The zero-order valence-electron chi connectivity index (χ0n) is 14.2. The normalized spacial score (nSPS) is 45.6. The summed E-state index contributed by atoms with van der Waals surface area (Å²) in [5, 5.41) is 10.4. The Morgan fingerprint density at radius 2 is 1.73 bits per heavy atom. The van der Waals surface area contributed by atoms with Crippen LogP contribution in [0.2, 0.25) is 0 Å². The summed E-state index contributed by atoms with van der Waals surface area (Å²) < 4.78 is 0. The summed E-state index contributed by atoms with van der Waals surface area (Å²) in [6.45, 7) is 9.17. The second-order valence-electron chi connectivity index (χ2n) is 9.27. The number of allylic oxidation sites excluding steroid dienone is 3. The number of fused-ring (bicyclic) bond motifs is 3. The lowest BCUT2D eigenvalue weighted by molar-refractivity contribution is -0.115. The molecule has 5 atom stereocenters. The largest absolute Gasteiger partial charge is 0.389 e. The van der Waals surface area contributed by atoms with Crippen LogP contribution in [0.1, 0.15) is 53.4 Å². The van der Waals surface area contributed by atoms with Crippen LogP contribution in [-0.2, 0) is 4.79 Å². The van der Waals surface area contributed by atoms with Crippen molar-refractivity contribution in [3.8, 4) is 0 Å². The maximum absolute atomic E-state index is 12.9. The molecule has 0 aromatic heterocycles. The fourth-order valence-electron chi connectivity index (χ4n) is 5.68. The van der Waals surface area contributed by atoms with Crippen LogP contribution in [0, 0.1) is 34.5 Å². The number of rotatable bonds is 2. The zero-order valence-corrected chi connectivity index (χ0v) is 14.2. The van der Waals surface area contributed by atoms with E-state index in [-0.39, 0.29) is 16.6 Å². The first-order valence-corrected chi connectivity index (χ1v) is 8.87. The average molecular weight is 300 g/mol. The molecular weight excluding hydrogens is 272 g/mol. The lowest BCUT2D eigenvalue weighted by atomic mass is 9.46. The highest BCUT2D eigenvalue weighted by Crippen LogP contribution is 2.62. The van der Waals surface area contributed by atoms with Gasteiger partial charge >= 0.3 is 0 Å². The van der Waals surface area contributed by atoms with Gasteiger partial charge in [-0.05, 0) is 77.4 Å². The van der Waals surface area contributed by atoms with Gasteiger partial charge in [-0.15, -0.1) is 0 Å². The molecule has 0 heterocycles. The molecule has 120 valence electrons. The predicted molar refractivity (Wildman–Crippen MR) is 87.2 cm³/mol. The van der Waals surface area contributed by atoms with Gasteiger partial charge in [-0.2, -0.15) is 0 Å². The third-order valence-electron chi connectivity index (χ3n) is 7.82. The van der Waals surface area contributed by atoms with Crippen molar-refractivity contribution in [2.24, 2.45) is 34.5 Å². The van der Waals surface area contributed by atoms with Gasteiger partial charge in [0.25, 0.3) is 0 Å². The molecule has 0 spiro atoms. The summed E-state index contributed by atoms with van der Waals surface area (Å²) in [5.74, 6) is 2.38. The van der Waals surface area contributed by atoms with Gasteiger partial charge < -0.3 is 5.11 Å². The fourth-order valence-corrected chi connectivity index (χ4v) is 5.68. The lowest BCUT2D eigenvalue weighted by Crippen LogP contribution is -2.54. The lowest BCUT2D eigenvalue weighted by Gasteiger charge is -2.59. The van der Waals surface area contributed by atoms with Crippen molar-refractivity contribution in [3.63, 3.8) is 0 Å². The van der Waals surface area contributed by atoms with Crippen LogP contribution < -0.4 is 0 Å². The third kappa shape index (κ3) is 1.73. The first-order valence-electron chi connectivity index (χ1n) is 8.87. The van der Waals surface area contributed by atoms with Crippen molar-refractivity contribution in [3.05, 3.63) is 23.3 Å². The molecule has 22 heavy (non-hydrogen) atoms. The molecule has 4 fully saturated rings. The maximum Gasteiger partial charge on any atom is 0.181 e. The molecule has 6 aliphatic rings. The van der Waals surface area contributed by atoms with Crippen LogP contribution in [0.5, 0.6) is 0 Å². The molecule has 0 amide bonds. The number of hydrogen-bond acceptors (Lipinski definition) is 2. The van der Waals surface area contributed by atoms with Gasteiger partial charge in [-0.3, -0.25) is 4.79 Å². The molecule has 0 unspecified atom stereocenters. The highest BCUT2D eigenvalue weighted by Gasteiger charge is 2.56. The van der Waals surface area contributed by atoms with Gasteiger partial charge in [0.05, 0.1) is 6.10 Å². The van der Waals surface area contributed by atoms with Crippen LogP contribution in [-0.4, -0.2) is 17.0 Å². The van der Waals surface area contributed by atoms with Crippen molar-refractivity contribution in [2.75, 3.05) is 0 Å². The minimum absolute atomic E-state index is 0.173. The van der Waals surface area contributed by atoms with Crippen LogP contribution in [0.4, 0.5) is 0 Å². The summed E-state index contributed by atoms with van der Waals surface area (Å²) in [4.78, 5) is 12.9. The molecule has 0 radical (unpaired) electrons. The summed E-state index contributed by atoms with van der Waals surface area (Å²) in [5.41, 5.74) is 2.57. The molecule has 1 N–H and O–H groups in total. The summed E-state index contributed by atoms with van der Waals surface area (Å²) in [7, 11) is 0. The minimum Gasteiger partial charge on any atom is -0.389 e. The summed E-state index contributed by atoms with van der Waals surface area (Å²) in [6.07, 6.45) is 7.80.